The number of aliphatic carboxylic acids is 1. The van der Waals surface area contributed by atoms with Gasteiger partial charge in [0.15, 0.2) is 0 Å². The monoisotopic (exact) mass is 334 g/mol. The summed E-state index contributed by atoms with van der Waals surface area (Å²) in [7, 11) is 1.65. The molecule has 0 unspecified atom stereocenters. The predicted octanol–water partition coefficient (Wildman–Crippen LogP) is 2.67. The zero-order valence-corrected chi connectivity index (χ0v) is 14.1. The fourth-order valence-corrected chi connectivity index (χ4v) is 3.34. The number of hydrogen-bond acceptors (Lipinski definition) is 3. The van der Waals surface area contributed by atoms with Crippen LogP contribution in [-0.2, 0) is 10.2 Å². The molecule has 1 aliphatic carbocycles. The lowest BCUT2D eigenvalue weighted by Gasteiger charge is -2.38. The number of amides is 2. The van der Waals surface area contributed by atoms with Gasteiger partial charge in [0.2, 0.25) is 0 Å². The second-order valence-electron chi connectivity index (χ2n) is 6.32. The smallest absolute Gasteiger partial charge is 0.314 e. The first-order valence-electron chi connectivity index (χ1n) is 8.44. The molecule has 1 aromatic carbocycles. The zero-order valence-electron chi connectivity index (χ0n) is 14.1. The highest BCUT2D eigenvalue weighted by Crippen LogP contribution is 2.39. The van der Waals surface area contributed by atoms with E-state index in [9.17, 15) is 9.59 Å². The topological polar surface area (TPSA) is 87.7 Å². The summed E-state index contributed by atoms with van der Waals surface area (Å²) in [6, 6.07) is 7.76. The second-order valence-corrected chi connectivity index (χ2v) is 6.32. The van der Waals surface area contributed by atoms with Gasteiger partial charge in [0, 0.05) is 18.5 Å². The number of benzene rings is 1. The Morgan fingerprint density at radius 3 is 2.38 bits per heavy atom. The Hall–Kier alpha value is -2.24. The SMILES string of the molecule is COc1ccc(C2(CNC(=O)NCCC(=O)O)CCCCC2)cc1. The fourth-order valence-electron chi connectivity index (χ4n) is 3.34. The summed E-state index contributed by atoms with van der Waals surface area (Å²) in [6.07, 6.45) is 5.52. The Kier molecular flexibility index (Phi) is 6.46. The van der Waals surface area contributed by atoms with Gasteiger partial charge in [-0.3, -0.25) is 4.79 Å². The average molecular weight is 334 g/mol. The Bertz CT molecular complexity index is 551. The summed E-state index contributed by atoms with van der Waals surface area (Å²) >= 11 is 0. The molecule has 0 aliphatic heterocycles. The quantitative estimate of drug-likeness (QED) is 0.715. The molecule has 1 saturated carbocycles. The maximum Gasteiger partial charge on any atom is 0.314 e. The number of methoxy groups -OCH3 is 1. The molecule has 0 bridgehead atoms. The molecular weight excluding hydrogens is 308 g/mol. The number of hydrogen-bond donors (Lipinski definition) is 3. The Labute approximate surface area is 142 Å². The molecule has 1 aromatic rings. The van der Waals surface area contributed by atoms with Crippen molar-refractivity contribution in [3.63, 3.8) is 0 Å². The van der Waals surface area contributed by atoms with Gasteiger partial charge in [-0.1, -0.05) is 31.4 Å². The minimum atomic E-state index is -0.919. The first kappa shape index (κ1) is 18.1. The molecule has 0 atom stereocenters. The minimum absolute atomic E-state index is 0.0609. The minimum Gasteiger partial charge on any atom is -0.497 e. The maximum absolute atomic E-state index is 11.9. The Morgan fingerprint density at radius 2 is 1.79 bits per heavy atom. The lowest BCUT2D eigenvalue weighted by molar-refractivity contribution is -0.136. The van der Waals surface area contributed by atoms with Crippen LogP contribution in [0.1, 0.15) is 44.1 Å². The van der Waals surface area contributed by atoms with Gasteiger partial charge in [0.05, 0.1) is 13.5 Å². The van der Waals surface area contributed by atoms with Crippen LogP contribution in [0.4, 0.5) is 4.79 Å². The molecule has 132 valence electrons. The summed E-state index contributed by atoms with van der Waals surface area (Å²) in [6.45, 7) is 0.689. The molecule has 6 nitrogen and oxygen atoms in total. The van der Waals surface area contributed by atoms with Gasteiger partial charge in [-0.15, -0.1) is 0 Å². The van der Waals surface area contributed by atoms with Crippen LogP contribution < -0.4 is 15.4 Å². The van der Waals surface area contributed by atoms with Crippen LogP contribution in [0.25, 0.3) is 0 Å². The van der Waals surface area contributed by atoms with Crippen molar-refractivity contribution in [2.75, 3.05) is 20.2 Å². The van der Waals surface area contributed by atoms with Crippen molar-refractivity contribution < 1.29 is 19.4 Å². The van der Waals surface area contributed by atoms with Crippen molar-refractivity contribution in [3.8, 4) is 5.75 Å². The highest BCUT2D eigenvalue weighted by Gasteiger charge is 2.34. The maximum atomic E-state index is 11.9. The molecule has 1 aliphatic rings. The summed E-state index contributed by atoms with van der Waals surface area (Å²) in [5, 5.41) is 14.1. The van der Waals surface area contributed by atoms with E-state index in [1.54, 1.807) is 7.11 Å². The highest BCUT2D eigenvalue weighted by atomic mass is 16.5. The van der Waals surface area contributed by atoms with Crippen LogP contribution in [0.2, 0.25) is 0 Å². The third kappa shape index (κ3) is 4.88. The summed E-state index contributed by atoms with van der Waals surface area (Å²) < 4.78 is 5.22. The molecule has 1 fully saturated rings. The van der Waals surface area contributed by atoms with E-state index < -0.39 is 5.97 Å². The van der Waals surface area contributed by atoms with E-state index in [4.69, 9.17) is 9.84 Å². The van der Waals surface area contributed by atoms with Crippen LogP contribution in [0.3, 0.4) is 0 Å². The first-order valence-corrected chi connectivity index (χ1v) is 8.44. The molecule has 24 heavy (non-hydrogen) atoms. The molecule has 0 saturated heterocycles. The third-order valence-electron chi connectivity index (χ3n) is 4.72. The van der Waals surface area contributed by atoms with Gasteiger partial charge in [0.1, 0.15) is 5.75 Å². The number of carbonyl (C=O) groups excluding carboxylic acids is 1. The standard InChI is InChI=1S/C18H26N2O4/c1-24-15-7-5-14(6-8-15)18(10-3-2-4-11-18)13-20-17(23)19-12-9-16(21)22/h5-8H,2-4,9-13H2,1H3,(H,21,22)(H2,19,20,23). The van der Waals surface area contributed by atoms with Gasteiger partial charge in [-0.05, 0) is 30.5 Å². The largest absolute Gasteiger partial charge is 0.497 e. The zero-order chi connectivity index (χ0) is 17.4. The van der Waals surface area contributed by atoms with E-state index in [1.165, 1.54) is 12.0 Å². The molecule has 0 radical (unpaired) electrons. The predicted molar refractivity (Wildman–Crippen MR) is 91.4 cm³/mol. The van der Waals surface area contributed by atoms with Crippen molar-refractivity contribution in [1.29, 1.82) is 0 Å². The van der Waals surface area contributed by atoms with Gasteiger partial charge in [-0.25, -0.2) is 4.79 Å². The van der Waals surface area contributed by atoms with Crippen molar-refractivity contribution in [2.24, 2.45) is 0 Å². The normalized spacial score (nSPS) is 16.2. The number of carboxylic acid groups (broad SMARTS) is 1. The van der Waals surface area contributed by atoms with Gasteiger partial charge < -0.3 is 20.5 Å². The summed E-state index contributed by atoms with van der Waals surface area (Å²) in [5.74, 6) is -0.0960. The number of nitrogens with one attached hydrogen (secondary N) is 2. The van der Waals surface area contributed by atoms with E-state index >= 15 is 0 Å². The summed E-state index contributed by atoms with van der Waals surface area (Å²) in [4.78, 5) is 22.4. The average Bonchev–Trinajstić information content (AvgIpc) is 2.60. The van der Waals surface area contributed by atoms with E-state index in [0.29, 0.717) is 6.54 Å². The third-order valence-corrected chi connectivity index (χ3v) is 4.72. The van der Waals surface area contributed by atoms with Crippen LogP contribution in [0.5, 0.6) is 5.75 Å². The fraction of sp³-hybridized carbons (Fsp3) is 0.556. The first-order chi connectivity index (χ1) is 11.6. The molecule has 0 spiro atoms. The number of ether oxygens (including phenoxy) is 1. The molecule has 0 heterocycles. The Morgan fingerprint density at radius 1 is 1.12 bits per heavy atom. The molecule has 2 rings (SSSR count). The highest BCUT2D eigenvalue weighted by molar-refractivity contribution is 5.75. The lowest BCUT2D eigenvalue weighted by atomic mass is 9.69. The van der Waals surface area contributed by atoms with E-state index in [2.05, 4.69) is 22.8 Å². The lowest BCUT2D eigenvalue weighted by Crippen LogP contribution is -2.46. The molecule has 6 heteroatoms. The Balaban J connectivity index is 1.99. The van der Waals surface area contributed by atoms with Crippen molar-refractivity contribution in [3.05, 3.63) is 29.8 Å². The molecule has 0 aromatic heterocycles. The van der Waals surface area contributed by atoms with Gasteiger partial charge >= 0.3 is 12.0 Å². The van der Waals surface area contributed by atoms with E-state index in [0.717, 1.165) is 31.4 Å². The van der Waals surface area contributed by atoms with E-state index in [-0.39, 0.29) is 24.4 Å². The van der Waals surface area contributed by atoms with Gasteiger partial charge in [0.25, 0.3) is 0 Å². The number of carbonyl (C=O) groups is 2. The summed E-state index contributed by atoms with van der Waals surface area (Å²) in [5.41, 5.74) is 1.16. The van der Waals surface area contributed by atoms with Crippen molar-refractivity contribution in [1.82, 2.24) is 10.6 Å². The van der Waals surface area contributed by atoms with Crippen LogP contribution in [-0.4, -0.2) is 37.3 Å². The van der Waals surface area contributed by atoms with Gasteiger partial charge in [-0.2, -0.15) is 0 Å². The second kappa shape index (κ2) is 8.57. The van der Waals surface area contributed by atoms with Crippen molar-refractivity contribution >= 4 is 12.0 Å². The number of urea groups is 1. The van der Waals surface area contributed by atoms with Crippen LogP contribution in [0, 0.1) is 0 Å². The van der Waals surface area contributed by atoms with Crippen LogP contribution in [0.15, 0.2) is 24.3 Å². The molecule has 3 N–H and O–H groups in total. The van der Waals surface area contributed by atoms with Crippen LogP contribution >= 0.6 is 0 Å². The molecular formula is C18H26N2O4. The van der Waals surface area contributed by atoms with E-state index in [1.807, 2.05) is 12.1 Å². The number of rotatable bonds is 7. The van der Waals surface area contributed by atoms with Crippen molar-refractivity contribution in [2.45, 2.75) is 43.9 Å². The molecule has 2 amide bonds. The number of carboxylic acids is 1.